The van der Waals surface area contributed by atoms with Crippen LogP contribution < -0.4 is 0 Å². The van der Waals surface area contributed by atoms with Gasteiger partial charge in [-0.3, -0.25) is 9.48 Å². The first-order valence-corrected chi connectivity index (χ1v) is 7.07. The molecule has 7 heteroatoms. The molecule has 0 N–H and O–H groups in total. The largest absolute Gasteiger partial charge is 0.339 e. The van der Waals surface area contributed by atoms with Gasteiger partial charge in [-0.1, -0.05) is 5.16 Å². The van der Waals surface area contributed by atoms with Crippen molar-refractivity contribution in [1.82, 2.24) is 24.8 Å². The molecular formula is C14H19N5O2. The fourth-order valence-corrected chi connectivity index (χ4v) is 2.84. The van der Waals surface area contributed by atoms with Crippen LogP contribution in [0.25, 0.3) is 0 Å². The Kier molecular flexibility index (Phi) is 3.27. The lowest BCUT2D eigenvalue weighted by atomic mass is 9.81. The van der Waals surface area contributed by atoms with Gasteiger partial charge < -0.3 is 9.42 Å². The lowest BCUT2D eigenvalue weighted by molar-refractivity contribution is 0.0620. The first-order valence-electron chi connectivity index (χ1n) is 7.07. The zero-order valence-electron chi connectivity index (χ0n) is 12.5. The normalized spacial score (nSPS) is 22.5. The summed E-state index contributed by atoms with van der Waals surface area (Å²) in [5, 5.41) is 7.92. The summed E-state index contributed by atoms with van der Waals surface area (Å²) < 4.78 is 6.97. The summed E-state index contributed by atoms with van der Waals surface area (Å²) in [6.45, 7) is 5.21. The number of nitrogens with zero attached hydrogens (tertiary/aromatic N) is 5. The van der Waals surface area contributed by atoms with Gasteiger partial charge in [0.15, 0.2) is 5.82 Å². The molecule has 1 atom stereocenters. The van der Waals surface area contributed by atoms with Crippen LogP contribution in [0, 0.1) is 6.92 Å². The molecule has 21 heavy (non-hydrogen) atoms. The van der Waals surface area contributed by atoms with Crippen LogP contribution >= 0.6 is 0 Å². The number of carbonyl (C=O) groups is 1. The average molecular weight is 289 g/mol. The minimum absolute atomic E-state index is 0.00487. The molecule has 0 bridgehead atoms. The van der Waals surface area contributed by atoms with Crippen LogP contribution in [-0.2, 0) is 12.5 Å². The Balaban J connectivity index is 1.81. The Labute approximate surface area is 122 Å². The Morgan fingerprint density at radius 1 is 1.48 bits per heavy atom. The van der Waals surface area contributed by atoms with Crippen molar-refractivity contribution >= 4 is 5.91 Å². The van der Waals surface area contributed by atoms with E-state index in [9.17, 15) is 4.79 Å². The number of aromatic nitrogens is 4. The molecule has 1 aliphatic rings. The van der Waals surface area contributed by atoms with Crippen LogP contribution in [0.3, 0.4) is 0 Å². The fraction of sp³-hybridized carbons (Fsp3) is 0.571. The van der Waals surface area contributed by atoms with Crippen molar-refractivity contribution < 1.29 is 9.32 Å². The van der Waals surface area contributed by atoms with Crippen molar-refractivity contribution in [2.75, 3.05) is 13.1 Å². The fourth-order valence-electron chi connectivity index (χ4n) is 2.84. The van der Waals surface area contributed by atoms with Gasteiger partial charge >= 0.3 is 0 Å². The molecule has 0 aromatic carbocycles. The van der Waals surface area contributed by atoms with Gasteiger partial charge in [-0.15, -0.1) is 0 Å². The highest BCUT2D eigenvalue weighted by Gasteiger charge is 2.39. The van der Waals surface area contributed by atoms with Crippen molar-refractivity contribution in [2.24, 2.45) is 7.05 Å². The molecular weight excluding hydrogens is 270 g/mol. The second-order valence-corrected chi connectivity index (χ2v) is 5.94. The first-order chi connectivity index (χ1) is 9.98. The quantitative estimate of drug-likeness (QED) is 0.833. The Bertz CT molecular complexity index is 662. The molecule has 0 radical (unpaired) electrons. The predicted octanol–water partition coefficient (Wildman–Crippen LogP) is 1.31. The van der Waals surface area contributed by atoms with E-state index in [4.69, 9.17) is 4.52 Å². The van der Waals surface area contributed by atoms with E-state index in [0.29, 0.717) is 23.8 Å². The van der Waals surface area contributed by atoms with Crippen LogP contribution in [0.4, 0.5) is 0 Å². The van der Waals surface area contributed by atoms with Crippen molar-refractivity contribution in [1.29, 1.82) is 0 Å². The molecule has 0 spiro atoms. The van der Waals surface area contributed by atoms with E-state index in [1.54, 1.807) is 31.0 Å². The highest BCUT2D eigenvalue weighted by Crippen LogP contribution is 2.33. The number of rotatable bonds is 2. The van der Waals surface area contributed by atoms with E-state index < -0.39 is 0 Å². The highest BCUT2D eigenvalue weighted by atomic mass is 16.5. The van der Waals surface area contributed by atoms with E-state index in [1.807, 2.05) is 4.90 Å². The van der Waals surface area contributed by atoms with Crippen LogP contribution in [0.15, 0.2) is 16.9 Å². The number of amides is 1. The summed E-state index contributed by atoms with van der Waals surface area (Å²) in [5.41, 5.74) is 0.334. The number of piperidine rings is 1. The molecule has 0 aliphatic carbocycles. The molecule has 1 saturated heterocycles. The molecule has 7 nitrogen and oxygen atoms in total. The number of hydrogen-bond donors (Lipinski definition) is 0. The Hall–Kier alpha value is -2.18. The summed E-state index contributed by atoms with van der Waals surface area (Å²) in [4.78, 5) is 18.7. The summed E-state index contributed by atoms with van der Waals surface area (Å²) >= 11 is 0. The van der Waals surface area contributed by atoms with E-state index in [0.717, 1.165) is 19.4 Å². The molecule has 0 saturated carbocycles. The molecule has 2 aromatic heterocycles. The average Bonchev–Trinajstić information content (AvgIpc) is 3.07. The summed E-state index contributed by atoms with van der Waals surface area (Å²) in [5.74, 6) is 1.25. The van der Waals surface area contributed by atoms with Gasteiger partial charge in [-0.05, 0) is 26.7 Å². The van der Waals surface area contributed by atoms with Crippen molar-refractivity contribution in [3.05, 3.63) is 29.7 Å². The molecule has 112 valence electrons. The minimum Gasteiger partial charge on any atom is -0.339 e. The van der Waals surface area contributed by atoms with Crippen molar-refractivity contribution in [3.63, 3.8) is 0 Å². The zero-order valence-corrected chi connectivity index (χ0v) is 12.5. The van der Waals surface area contributed by atoms with E-state index in [1.165, 1.54) is 0 Å². The Morgan fingerprint density at radius 2 is 2.29 bits per heavy atom. The number of likely N-dealkylation sites (tertiary alicyclic amines) is 1. The van der Waals surface area contributed by atoms with Gasteiger partial charge in [0.1, 0.15) is 0 Å². The maximum atomic E-state index is 12.5. The smallest absolute Gasteiger partial charge is 0.257 e. The van der Waals surface area contributed by atoms with E-state index in [2.05, 4.69) is 22.2 Å². The highest BCUT2D eigenvalue weighted by molar-refractivity contribution is 5.93. The maximum Gasteiger partial charge on any atom is 0.257 e. The third-order valence-electron chi connectivity index (χ3n) is 3.98. The van der Waals surface area contributed by atoms with Gasteiger partial charge in [-0.2, -0.15) is 10.1 Å². The molecule has 2 aromatic rings. The standard InChI is InChI=1S/C14H19N5O2/c1-10-16-13(21-17-10)14(2)5-4-6-19(9-14)12(20)11-7-15-18(3)8-11/h7-8H,4-6,9H2,1-3H3/t14-/m1/s1. The number of hydrogen-bond acceptors (Lipinski definition) is 5. The maximum absolute atomic E-state index is 12.5. The van der Waals surface area contributed by atoms with Crippen LogP contribution in [0.5, 0.6) is 0 Å². The number of carbonyl (C=O) groups excluding carboxylic acids is 1. The molecule has 3 heterocycles. The third kappa shape index (κ3) is 2.55. The molecule has 3 rings (SSSR count). The SMILES string of the molecule is Cc1noc([C@]2(C)CCCN(C(=O)c3cnn(C)c3)C2)n1. The summed E-state index contributed by atoms with van der Waals surface area (Å²) in [6, 6.07) is 0. The second kappa shape index (κ2) is 4.98. The molecule has 0 unspecified atom stereocenters. The first kappa shape index (κ1) is 13.8. The minimum atomic E-state index is -0.280. The van der Waals surface area contributed by atoms with Crippen LogP contribution in [0.1, 0.15) is 41.8 Å². The zero-order chi connectivity index (χ0) is 15.0. The molecule has 1 fully saturated rings. The van der Waals surface area contributed by atoms with Crippen molar-refractivity contribution in [3.8, 4) is 0 Å². The Morgan fingerprint density at radius 3 is 2.90 bits per heavy atom. The molecule has 1 amide bonds. The summed E-state index contributed by atoms with van der Waals surface area (Å²) in [6.07, 6.45) is 5.20. The topological polar surface area (TPSA) is 77.0 Å². The third-order valence-corrected chi connectivity index (χ3v) is 3.98. The number of aryl methyl sites for hydroxylation is 2. The lowest BCUT2D eigenvalue weighted by Crippen LogP contribution is -2.47. The van der Waals surface area contributed by atoms with Gasteiger partial charge in [0.25, 0.3) is 5.91 Å². The summed E-state index contributed by atoms with van der Waals surface area (Å²) in [7, 11) is 1.80. The predicted molar refractivity (Wildman–Crippen MR) is 74.7 cm³/mol. The van der Waals surface area contributed by atoms with Crippen LogP contribution in [0.2, 0.25) is 0 Å². The van der Waals surface area contributed by atoms with Crippen LogP contribution in [-0.4, -0.2) is 43.8 Å². The van der Waals surface area contributed by atoms with E-state index in [-0.39, 0.29) is 11.3 Å². The van der Waals surface area contributed by atoms with E-state index >= 15 is 0 Å². The molecule has 1 aliphatic heterocycles. The van der Waals surface area contributed by atoms with Crippen molar-refractivity contribution in [2.45, 2.75) is 32.1 Å². The monoisotopic (exact) mass is 289 g/mol. The van der Waals surface area contributed by atoms with Gasteiger partial charge in [0, 0.05) is 26.3 Å². The van der Waals surface area contributed by atoms with Gasteiger partial charge in [0.05, 0.1) is 17.2 Å². The van der Waals surface area contributed by atoms with Gasteiger partial charge in [-0.25, -0.2) is 0 Å². The second-order valence-electron chi connectivity index (χ2n) is 5.94. The van der Waals surface area contributed by atoms with Gasteiger partial charge in [0.2, 0.25) is 5.89 Å². The lowest BCUT2D eigenvalue weighted by Gasteiger charge is -2.37.